The van der Waals surface area contributed by atoms with Crippen LogP contribution in [0.2, 0.25) is 5.02 Å². The molecule has 13 heteroatoms. The van der Waals surface area contributed by atoms with Gasteiger partial charge in [0.15, 0.2) is 0 Å². The molecule has 1 aliphatic heterocycles. The van der Waals surface area contributed by atoms with E-state index in [9.17, 15) is 19.5 Å². The Hall–Kier alpha value is -4.19. The number of H-pyrrole nitrogens is 1. The number of hydrogen-bond acceptors (Lipinski definition) is 8. The van der Waals surface area contributed by atoms with Gasteiger partial charge in [0, 0.05) is 42.8 Å². The molecule has 1 fully saturated rings. The molecule has 0 spiro atoms. The highest BCUT2D eigenvalue weighted by molar-refractivity contribution is 6.34. The van der Waals surface area contributed by atoms with E-state index in [-0.39, 0.29) is 51.9 Å². The maximum Gasteiger partial charge on any atom is 0.262 e. The van der Waals surface area contributed by atoms with E-state index < -0.39 is 11.5 Å². The van der Waals surface area contributed by atoms with Crippen LogP contribution in [0, 0.1) is 0 Å². The maximum atomic E-state index is 13.0. The number of fused-ring (bicyclic) bond motifs is 1. The zero-order chi connectivity index (χ0) is 28.2. The SMILES string of the molecule is Cl.NC1CCN(c2ncc3cc(C(=O)Nc4cc(C(=O)NCCc5ccccc5O)ccc4Cl)c(=O)[nH]c3n2)CC1. The number of nitrogens with one attached hydrogen (secondary N) is 3. The molecule has 6 N–H and O–H groups in total. The lowest BCUT2D eigenvalue weighted by Gasteiger charge is -2.30. The molecular weight excluding hydrogens is 569 g/mol. The van der Waals surface area contributed by atoms with Crippen LogP contribution >= 0.6 is 24.0 Å². The minimum absolute atomic E-state index is 0. The molecule has 0 bridgehead atoms. The number of aromatic hydroxyl groups is 1. The van der Waals surface area contributed by atoms with Gasteiger partial charge < -0.3 is 31.4 Å². The molecular formula is C28H29Cl2N7O4. The largest absolute Gasteiger partial charge is 0.508 e. The van der Waals surface area contributed by atoms with Crippen LogP contribution in [0.15, 0.2) is 59.5 Å². The lowest BCUT2D eigenvalue weighted by atomic mass is 10.1. The third kappa shape index (κ3) is 6.94. The van der Waals surface area contributed by atoms with Crippen molar-refractivity contribution in [3.63, 3.8) is 0 Å². The summed E-state index contributed by atoms with van der Waals surface area (Å²) in [5.74, 6) is -0.420. The Morgan fingerprint density at radius 1 is 1.12 bits per heavy atom. The van der Waals surface area contributed by atoms with E-state index in [2.05, 4.69) is 25.6 Å². The fourth-order valence-corrected chi connectivity index (χ4v) is 4.66. The molecule has 214 valence electrons. The Balaban J connectivity index is 0.00000387. The summed E-state index contributed by atoms with van der Waals surface area (Å²) in [6, 6.07) is 12.9. The van der Waals surface area contributed by atoms with E-state index in [1.54, 1.807) is 24.4 Å². The van der Waals surface area contributed by atoms with Crippen molar-refractivity contribution in [1.82, 2.24) is 20.3 Å². The number of halogens is 2. The fraction of sp³-hybridized carbons (Fsp3) is 0.250. The first-order valence-electron chi connectivity index (χ1n) is 12.8. The van der Waals surface area contributed by atoms with Crippen molar-refractivity contribution >= 4 is 58.5 Å². The smallest absolute Gasteiger partial charge is 0.262 e. The first-order valence-corrected chi connectivity index (χ1v) is 13.2. The third-order valence-electron chi connectivity index (χ3n) is 6.80. The number of nitrogens with zero attached hydrogens (tertiary/aromatic N) is 3. The average molecular weight is 598 g/mol. The highest BCUT2D eigenvalue weighted by Gasteiger charge is 2.20. The number of carbonyl (C=O) groups is 2. The molecule has 41 heavy (non-hydrogen) atoms. The molecule has 1 saturated heterocycles. The Morgan fingerprint density at radius 2 is 1.88 bits per heavy atom. The van der Waals surface area contributed by atoms with Crippen LogP contribution in [0.5, 0.6) is 5.75 Å². The maximum absolute atomic E-state index is 13.0. The zero-order valence-electron chi connectivity index (χ0n) is 21.9. The molecule has 0 aliphatic carbocycles. The van der Waals surface area contributed by atoms with Crippen LogP contribution in [0.25, 0.3) is 11.0 Å². The molecule has 2 amide bonds. The fourth-order valence-electron chi connectivity index (χ4n) is 4.49. The first kappa shape index (κ1) is 29.8. The van der Waals surface area contributed by atoms with E-state index >= 15 is 0 Å². The zero-order valence-corrected chi connectivity index (χ0v) is 23.5. The minimum atomic E-state index is -0.698. The molecule has 3 heterocycles. The van der Waals surface area contributed by atoms with E-state index in [0.717, 1.165) is 25.9 Å². The van der Waals surface area contributed by atoms with Crippen molar-refractivity contribution < 1.29 is 14.7 Å². The van der Waals surface area contributed by atoms with E-state index in [1.165, 1.54) is 24.3 Å². The van der Waals surface area contributed by atoms with Crippen molar-refractivity contribution in [3.05, 3.63) is 86.8 Å². The van der Waals surface area contributed by atoms with Crippen LogP contribution in [-0.2, 0) is 6.42 Å². The number of aromatic amines is 1. The van der Waals surface area contributed by atoms with E-state index in [0.29, 0.717) is 35.5 Å². The lowest BCUT2D eigenvalue weighted by Crippen LogP contribution is -2.40. The monoisotopic (exact) mass is 597 g/mol. The van der Waals surface area contributed by atoms with Gasteiger partial charge in [-0.05, 0) is 55.2 Å². The van der Waals surface area contributed by atoms with Gasteiger partial charge in [-0.15, -0.1) is 12.4 Å². The Morgan fingerprint density at radius 3 is 2.63 bits per heavy atom. The second kappa shape index (κ2) is 13.0. The van der Waals surface area contributed by atoms with Gasteiger partial charge in [-0.1, -0.05) is 29.8 Å². The third-order valence-corrected chi connectivity index (χ3v) is 7.13. The van der Waals surface area contributed by atoms with E-state index in [1.807, 2.05) is 11.0 Å². The number of phenols is 1. The van der Waals surface area contributed by atoms with Crippen LogP contribution < -0.4 is 26.8 Å². The number of piperidine rings is 1. The Kier molecular flexibility index (Phi) is 9.43. The van der Waals surface area contributed by atoms with Crippen LogP contribution in [0.4, 0.5) is 11.6 Å². The highest BCUT2D eigenvalue weighted by atomic mass is 35.5. The number of phenolic OH excluding ortho intramolecular Hbond substituents is 1. The molecule has 0 unspecified atom stereocenters. The number of pyridine rings is 1. The summed E-state index contributed by atoms with van der Waals surface area (Å²) in [5.41, 5.74) is 6.68. The molecule has 2 aromatic carbocycles. The number of hydrogen-bond donors (Lipinski definition) is 5. The highest BCUT2D eigenvalue weighted by Crippen LogP contribution is 2.24. The molecule has 0 radical (unpaired) electrons. The van der Waals surface area contributed by atoms with Crippen LogP contribution in [0.1, 0.15) is 39.1 Å². The number of rotatable bonds is 7. The Bertz CT molecular complexity index is 1640. The van der Waals surface area contributed by atoms with Gasteiger partial charge in [0.1, 0.15) is 17.0 Å². The van der Waals surface area contributed by atoms with Crippen molar-refractivity contribution in [2.45, 2.75) is 25.3 Å². The number of nitrogens with two attached hydrogens (primary N) is 1. The number of carbonyl (C=O) groups excluding carboxylic acids is 2. The topological polar surface area (TPSA) is 166 Å². The number of anilines is 2. The van der Waals surface area contributed by atoms with Crippen molar-refractivity contribution in [1.29, 1.82) is 0 Å². The van der Waals surface area contributed by atoms with Gasteiger partial charge in [0.25, 0.3) is 17.4 Å². The predicted molar refractivity (Wildman–Crippen MR) is 160 cm³/mol. The number of benzene rings is 2. The number of para-hydroxylation sites is 1. The normalized spacial score (nSPS) is 13.5. The molecule has 2 aromatic heterocycles. The van der Waals surface area contributed by atoms with Crippen LogP contribution in [-0.4, -0.2) is 57.5 Å². The molecule has 5 rings (SSSR count). The summed E-state index contributed by atoms with van der Waals surface area (Å²) in [4.78, 5) is 52.1. The van der Waals surface area contributed by atoms with Gasteiger partial charge in [-0.2, -0.15) is 4.98 Å². The van der Waals surface area contributed by atoms with Crippen molar-refractivity contribution in [2.75, 3.05) is 29.9 Å². The van der Waals surface area contributed by atoms with Gasteiger partial charge in [-0.3, -0.25) is 14.4 Å². The average Bonchev–Trinajstić information content (AvgIpc) is 2.95. The summed E-state index contributed by atoms with van der Waals surface area (Å²) >= 11 is 6.28. The summed E-state index contributed by atoms with van der Waals surface area (Å²) in [6.45, 7) is 1.75. The summed E-state index contributed by atoms with van der Waals surface area (Å²) in [5, 5.41) is 16.0. The standard InChI is InChI=1S/C28H28ClN7O4.ClH/c29-21-6-5-17(25(38)31-10-7-16-3-1-2-4-23(16)37)14-22(21)33-26(39)20-13-18-15-32-28(35-24(18)34-27(20)40)36-11-8-19(30)9-12-36;/h1-6,13-15,19,37H,7-12,30H2,(H,31,38)(H,33,39)(H,32,34,35,40);1H. The van der Waals surface area contributed by atoms with Crippen molar-refractivity contribution in [3.8, 4) is 5.75 Å². The van der Waals surface area contributed by atoms with Gasteiger partial charge in [0.2, 0.25) is 5.95 Å². The number of amides is 2. The lowest BCUT2D eigenvalue weighted by molar-refractivity contribution is 0.0952. The molecule has 4 aromatic rings. The van der Waals surface area contributed by atoms with Crippen molar-refractivity contribution in [2.24, 2.45) is 5.73 Å². The predicted octanol–water partition coefficient (Wildman–Crippen LogP) is 3.25. The molecule has 11 nitrogen and oxygen atoms in total. The number of aromatic nitrogens is 3. The summed E-state index contributed by atoms with van der Waals surface area (Å²) < 4.78 is 0. The van der Waals surface area contributed by atoms with Gasteiger partial charge in [-0.25, -0.2) is 4.98 Å². The van der Waals surface area contributed by atoms with E-state index in [4.69, 9.17) is 17.3 Å². The molecule has 1 aliphatic rings. The second-order valence-electron chi connectivity index (χ2n) is 9.59. The van der Waals surface area contributed by atoms with Crippen LogP contribution in [0.3, 0.4) is 0 Å². The van der Waals surface area contributed by atoms with Gasteiger partial charge in [0.05, 0.1) is 10.7 Å². The molecule has 0 atom stereocenters. The Labute approximate surface area is 246 Å². The summed E-state index contributed by atoms with van der Waals surface area (Å²) in [7, 11) is 0. The van der Waals surface area contributed by atoms with Gasteiger partial charge >= 0.3 is 0 Å². The second-order valence-corrected chi connectivity index (χ2v) is 10.0. The first-order chi connectivity index (χ1) is 19.3. The molecule has 0 saturated carbocycles. The summed E-state index contributed by atoms with van der Waals surface area (Å²) in [6.07, 6.45) is 3.67. The minimum Gasteiger partial charge on any atom is -0.508 e. The quantitative estimate of drug-likeness (QED) is 0.216.